The SMILES string of the molecule is Cc1ccc(F)cc1CN1CCCC(CBr)C1. The number of hydrogen-bond acceptors (Lipinski definition) is 1. The highest BCUT2D eigenvalue weighted by atomic mass is 79.9. The second-order valence-corrected chi connectivity index (χ2v) is 5.62. The molecule has 1 saturated heterocycles. The van der Waals surface area contributed by atoms with Gasteiger partial charge in [0.05, 0.1) is 0 Å². The Hall–Kier alpha value is -0.410. The normalized spacial score (nSPS) is 21.7. The van der Waals surface area contributed by atoms with Gasteiger partial charge >= 0.3 is 0 Å². The highest BCUT2D eigenvalue weighted by Crippen LogP contribution is 2.21. The Kier molecular flexibility index (Phi) is 4.57. The van der Waals surface area contributed by atoms with Gasteiger partial charge in [0.1, 0.15) is 5.82 Å². The summed E-state index contributed by atoms with van der Waals surface area (Å²) in [6, 6.07) is 5.08. The topological polar surface area (TPSA) is 3.24 Å². The van der Waals surface area contributed by atoms with Crippen molar-refractivity contribution in [2.75, 3.05) is 18.4 Å². The second kappa shape index (κ2) is 5.96. The number of rotatable bonds is 3. The fourth-order valence-corrected chi connectivity index (χ4v) is 3.00. The van der Waals surface area contributed by atoms with E-state index in [2.05, 4.69) is 27.8 Å². The highest BCUT2D eigenvalue weighted by molar-refractivity contribution is 9.09. The standard InChI is InChI=1S/C14H19BrFN/c1-11-4-5-14(16)7-13(11)10-17-6-2-3-12(8-15)9-17/h4-5,7,12H,2-3,6,8-10H2,1H3. The van der Waals surface area contributed by atoms with E-state index in [1.54, 1.807) is 6.07 Å². The molecule has 1 atom stereocenters. The van der Waals surface area contributed by atoms with Crippen LogP contribution in [0.4, 0.5) is 4.39 Å². The van der Waals surface area contributed by atoms with Gasteiger partial charge < -0.3 is 0 Å². The third kappa shape index (κ3) is 3.52. The van der Waals surface area contributed by atoms with Crippen molar-refractivity contribution >= 4 is 15.9 Å². The summed E-state index contributed by atoms with van der Waals surface area (Å²) in [7, 11) is 0. The number of benzene rings is 1. The maximum absolute atomic E-state index is 13.2. The Morgan fingerprint density at radius 3 is 3.06 bits per heavy atom. The van der Waals surface area contributed by atoms with Gasteiger partial charge in [-0.2, -0.15) is 0 Å². The van der Waals surface area contributed by atoms with Crippen molar-refractivity contribution in [3.63, 3.8) is 0 Å². The summed E-state index contributed by atoms with van der Waals surface area (Å²) in [6.45, 7) is 5.20. The molecule has 0 aromatic heterocycles. The summed E-state index contributed by atoms with van der Waals surface area (Å²) >= 11 is 3.56. The van der Waals surface area contributed by atoms with Crippen molar-refractivity contribution in [3.8, 4) is 0 Å². The molecular formula is C14H19BrFN. The molecule has 0 bridgehead atoms. The summed E-state index contributed by atoms with van der Waals surface area (Å²) in [5.41, 5.74) is 2.31. The van der Waals surface area contributed by atoms with Gasteiger partial charge in [-0.05, 0) is 55.5 Å². The van der Waals surface area contributed by atoms with Crippen LogP contribution in [0, 0.1) is 18.7 Å². The summed E-state index contributed by atoms with van der Waals surface area (Å²) in [5, 5.41) is 1.08. The zero-order chi connectivity index (χ0) is 12.3. The first kappa shape index (κ1) is 13.0. The molecule has 1 heterocycles. The van der Waals surface area contributed by atoms with E-state index in [0.29, 0.717) is 0 Å². The van der Waals surface area contributed by atoms with Gasteiger partial charge in [-0.1, -0.05) is 22.0 Å². The fraction of sp³-hybridized carbons (Fsp3) is 0.571. The van der Waals surface area contributed by atoms with Gasteiger partial charge in [0, 0.05) is 18.4 Å². The van der Waals surface area contributed by atoms with Crippen molar-refractivity contribution in [1.82, 2.24) is 4.90 Å². The molecule has 0 radical (unpaired) electrons. The predicted molar refractivity (Wildman–Crippen MR) is 72.9 cm³/mol. The van der Waals surface area contributed by atoms with E-state index in [0.717, 1.165) is 36.4 Å². The quantitative estimate of drug-likeness (QED) is 0.769. The minimum Gasteiger partial charge on any atom is -0.299 e. The molecule has 0 aliphatic carbocycles. The Morgan fingerprint density at radius 1 is 1.47 bits per heavy atom. The molecule has 1 aromatic rings. The van der Waals surface area contributed by atoms with E-state index < -0.39 is 0 Å². The van der Waals surface area contributed by atoms with E-state index in [1.165, 1.54) is 24.5 Å². The number of nitrogens with zero attached hydrogens (tertiary/aromatic N) is 1. The molecule has 0 spiro atoms. The average Bonchev–Trinajstić information content (AvgIpc) is 2.34. The lowest BCUT2D eigenvalue weighted by Gasteiger charge is -2.32. The molecule has 0 N–H and O–H groups in total. The van der Waals surface area contributed by atoms with Crippen LogP contribution in [0.1, 0.15) is 24.0 Å². The van der Waals surface area contributed by atoms with Gasteiger partial charge in [-0.3, -0.25) is 4.90 Å². The van der Waals surface area contributed by atoms with E-state index in [-0.39, 0.29) is 5.82 Å². The smallest absolute Gasteiger partial charge is 0.123 e. The molecule has 1 aliphatic heterocycles. The van der Waals surface area contributed by atoms with Gasteiger partial charge in [-0.25, -0.2) is 4.39 Å². The van der Waals surface area contributed by atoms with Gasteiger partial charge in [0.2, 0.25) is 0 Å². The Balaban J connectivity index is 2.02. The minimum absolute atomic E-state index is 0.125. The van der Waals surface area contributed by atoms with Crippen LogP contribution in [0.15, 0.2) is 18.2 Å². The lowest BCUT2D eigenvalue weighted by atomic mass is 9.99. The van der Waals surface area contributed by atoms with Crippen LogP contribution in [0.25, 0.3) is 0 Å². The van der Waals surface area contributed by atoms with Gasteiger partial charge in [0.25, 0.3) is 0 Å². The molecule has 1 unspecified atom stereocenters. The maximum atomic E-state index is 13.2. The number of hydrogen-bond donors (Lipinski definition) is 0. The highest BCUT2D eigenvalue weighted by Gasteiger charge is 2.19. The zero-order valence-corrected chi connectivity index (χ0v) is 11.8. The first-order valence-electron chi connectivity index (χ1n) is 6.22. The Bertz CT molecular complexity index is 380. The fourth-order valence-electron chi connectivity index (χ4n) is 2.47. The van der Waals surface area contributed by atoms with Crippen LogP contribution in [0.2, 0.25) is 0 Å². The lowest BCUT2D eigenvalue weighted by molar-refractivity contribution is 0.179. The first-order valence-corrected chi connectivity index (χ1v) is 7.34. The molecule has 1 aliphatic rings. The Morgan fingerprint density at radius 2 is 2.29 bits per heavy atom. The van der Waals surface area contributed by atoms with Crippen LogP contribution < -0.4 is 0 Å². The molecule has 1 nitrogen and oxygen atoms in total. The predicted octanol–water partition coefficient (Wildman–Crippen LogP) is 3.74. The molecular weight excluding hydrogens is 281 g/mol. The van der Waals surface area contributed by atoms with Crippen molar-refractivity contribution in [1.29, 1.82) is 0 Å². The van der Waals surface area contributed by atoms with Crippen molar-refractivity contribution in [2.24, 2.45) is 5.92 Å². The van der Waals surface area contributed by atoms with E-state index in [4.69, 9.17) is 0 Å². The van der Waals surface area contributed by atoms with Crippen LogP contribution >= 0.6 is 15.9 Å². The molecule has 0 amide bonds. The van der Waals surface area contributed by atoms with Gasteiger partial charge in [0.15, 0.2) is 0 Å². The molecule has 1 fully saturated rings. The van der Waals surface area contributed by atoms with Crippen molar-refractivity contribution < 1.29 is 4.39 Å². The average molecular weight is 300 g/mol. The minimum atomic E-state index is -0.125. The molecule has 3 heteroatoms. The van der Waals surface area contributed by atoms with E-state index in [9.17, 15) is 4.39 Å². The number of piperidine rings is 1. The molecule has 94 valence electrons. The van der Waals surface area contributed by atoms with Crippen molar-refractivity contribution in [2.45, 2.75) is 26.3 Å². The van der Waals surface area contributed by atoms with Crippen LogP contribution in [-0.4, -0.2) is 23.3 Å². The molecule has 2 rings (SSSR count). The third-order valence-electron chi connectivity index (χ3n) is 3.53. The number of halogens is 2. The van der Waals surface area contributed by atoms with E-state index in [1.807, 2.05) is 6.07 Å². The zero-order valence-electron chi connectivity index (χ0n) is 10.3. The molecule has 0 saturated carbocycles. The van der Waals surface area contributed by atoms with Gasteiger partial charge in [-0.15, -0.1) is 0 Å². The number of alkyl halides is 1. The van der Waals surface area contributed by atoms with Crippen LogP contribution in [0.3, 0.4) is 0 Å². The second-order valence-electron chi connectivity index (χ2n) is 4.97. The van der Waals surface area contributed by atoms with E-state index >= 15 is 0 Å². The number of likely N-dealkylation sites (tertiary alicyclic amines) is 1. The largest absolute Gasteiger partial charge is 0.299 e. The lowest BCUT2D eigenvalue weighted by Crippen LogP contribution is -2.35. The monoisotopic (exact) mass is 299 g/mol. The summed E-state index contributed by atoms with van der Waals surface area (Å²) < 4.78 is 13.2. The van der Waals surface area contributed by atoms with Crippen molar-refractivity contribution in [3.05, 3.63) is 35.1 Å². The molecule has 17 heavy (non-hydrogen) atoms. The summed E-state index contributed by atoms with van der Waals surface area (Å²) in [5.74, 6) is 0.622. The number of aryl methyl sites for hydroxylation is 1. The maximum Gasteiger partial charge on any atom is 0.123 e. The Labute approximate surface area is 111 Å². The molecule has 1 aromatic carbocycles. The van der Waals surface area contributed by atoms with Crippen LogP contribution in [-0.2, 0) is 6.54 Å². The summed E-state index contributed by atoms with van der Waals surface area (Å²) in [6.07, 6.45) is 2.56. The van der Waals surface area contributed by atoms with Crippen LogP contribution in [0.5, 0.6) is 0 Å². The first-order chi connectivity index (χ1) is 8.19. The third-order valence-corrected chi connectivity index (χ3v) is 4.44. The summed E-state index contributed by atoms with van der Waals surface area (Å²) in [4.78, 5) is 2.44.